The molecular weight excluding hydrogens is 310 g/mol. The number of carbonyl (C=O) groups is 1. The number of carbonyl (C=O) groups excluding carboxylic acids is 1. The molecule has 1 N–H and O–H groups in total. The highest BCUT2D eigenvalue weighted by Crippen LogP contribution is 2.24. The molecule has 1 atom stereocenters. The van der Waals surface area contributed by atoms with E-state index in [9.17, 15) is 13.6 Å². The zero-order chi connectivity index (χ0) is 17.7. The smallest absolute Gasteiger partial charge is 0.238 e. The van der Waals surface area contributed by atoms with E-state index in [-0.39, 0.29) is 18.0 Å². The van der Waals surface area contributed by atoms with Gasteiger partial charge in [0, 0.05) is 17.3 Å². The lowest BCUT2D eigenvalue weighted by atomic mass is 10.1. The minimum absolute atomic E-state index is 0.0261. The molecule has 0 aliphatic heterocycles. The number of benzene rings is 2. The summed E-state index contributed by atoms with van der Waals surface area (Å²) in [5.41, 5.74) is 1.78. The van der Waals surface area contributed by atoms with Gasteiger partial charge in [-0.25, -0.2) is 8.78 Å². The minimum Gasteiger partial charge on any atom is -0.325 e. The predicted molar refractivity (Wildman–Crippen MR) is 91.9 cm³/mol. The largest absolute Gasteiger partial charge is 0.325 e. The number of likely N-dealkylation sites (N-methyl/N-ethyl adjacent to an activating group) is 1. The molecule has 0 saturated heterocycles. The van der Waals surface area contributed by atoms with Gasteiger partial charge >= 0.3 is 0 Å². The summed E-state index contributed by atoms with van der Waals surface area (Å²) in [5.74, 6) is -1.43. The van der Waals surface area contributed by atoms with Crippen LogP contribution in [-0.4, -0.2) is 24.4 Å². The summed E-state index contributed by atoms with van der Waals surface area (Å²) >= 11 is 0. The van der Waals surface area contributed by atoms with Crippen LogP contribution in [0.5, 0.6) is 0 Å². The van der Waals surface area contributed by atoms with Gasteiger partial charge < -0.3 is 5.32 Å². The van der Waals surface area contributed by atoms with Crippen LogP contribution in [0.2, 0.25) is 0 Å². The molecule has 2 aromatic carbocycles. The van der Waals surface area contributed by atoms with E-state index in [4.69, 9.17) is 0 Å². The molecule has 0 saturated carbocycles. The molecule has 24 heavy (non-hydrogen) atoms. The van der Waals surface area contributed by atoms with Crippen molar-refractivity contribution in [2.24, 2.45) is 0 Å². The molecule has 1 unspecified atom stereocenters. The fourth-order valence-corrected chi connectivity index (χ4v) is 2.63. The zero-order valence-corrected chi connectivity index (χ0v) is 14.1. The lowest BCUT2D eigenvalue weighted by Crippen LogP contribution is -2.33. The van der Waals surface area contributed by atoms with Crippen LogP contribution in [-0.2, 0) is 11.2 Å². The van der Waals surface area contributed by atoms with Gasteiger partial charge in [0.2, 0.25) is 5.91 Å². The van der Waals surface area contributed by atoms with Crippen molar-refractivity contribution in [2.45, 2.75) is 26.3 Å². The van der Waals surface area contributed by atoms with Gasteiger partial charge in [0.25, 0.3) is 0 Å². The van der Waals surface area contributed by atoms with Crippen LogP contribution in [0.1, 0.15) is 31.0 Å². The minimum atomic E-state index is -0.605. The molecule has 5 heteroatoms. The molecule has 0 aliphatic carbocycles. The SMILES string of the molecule is CCc1ccccc1NC(=O)CN(C)C(C)c1c(F)cccc1F. The first-order chi connectivity index (χ1) is 11.4. The molecule has 0 aromatic heterocycles. The Kier molecular flexibility index (Phi) is 6.04. The highest BCUT2D eigenvalue weighted by atomic mass is 19.1. The number of hydrogen-bond donors (Lipinski definition) is 1. The van der Waals surface area contributed by atoms with Crippen LogP contribution in [0.15, 0.2) is 42.5 Å². The van der Waals surface area contributed by atoms with E-state index in [2.05, 4.69) is 5.32 Å². The molecule has 0 aliphatic rings. The maximum atomic E-state index is 13.9. The van der Waals surface area contributed by atoms with Crippen LogP contribution in [0.25, 0.3) is 0 Å². The number of nitrogens with zero attached hydrogens (tertiary/aromatic N) is 1. The molecule has 0 spiro atoms. The highest BCUT2D eigenvalue weighted by Gasteiger charge is 2.21. The Labute approximate surface area is 141 Å². The van der Waals surface area contributed by atoms with Gasteiger partial charge in [0.1, 0.15) is 11.6 Å². The van der Waals surface area contributed by atoms with Crippen molar-refractivity contribution >= 4 is 11.6 Å². The molecule has 3 nitrogen and oxygen atoms in total. The van der Waals surface area contributed by atoms with Gasteiger partial charge in [-0.3, -0.25) is 9.69 Å². The number of amides is 1. The van der Waals surface area contributed by atoms with Crippen molar-refractivity contribution < 1.29 is 13.6 Å². The Hall–Kier alpha value is -2.27. The molecule has 0 fully saturated rings. The molecule has 2 aromatic rings. The lowest BCUT2D eigenvalue weighted by molar-refractivity contribution is -0.117. The van der Waals surface area contributed by atoms with Gasteiger partial charge in [0.05, 0.1) is 6.54 Å². The molecular formula is C19H22F2N2O. The quantitative estimate of drug-likeness (QED) is 0.861. The third-order valence-electron chi connectivity index (χ3n) is 4.14. The van der Waals surface area contributed by atoms with Gasteiger partial charge in [-0.2, -0.15) is 0 Å². The second-order valence-corrected chi connectivity index (χ2v) is 5.79. The Balaban J connectivity index is 2.06. The van der Waals surface area contributed by atoms with Crippen LogP contribution in [0.3, 0.4) is 0 Å². The molecule has 2 rings (SSSR count). The van der Waals surface area contributed by atoms with Gasteiger partial charge in [0.15, 0.2) is 0 Å². The molecule has 0 heterocycles. The Morgan fingerprint density at radius 1 is 1.12 bits per heavy atom. The van der Waals surface area contributed by atoms with Crippen molar-refractivity contribution in [1.29, 1.82) is 0 Å². The monoisotopic (exact) mass is 332 g/mol. The first-order valence-electron chi connectivity index (χ1n) is 7.96. The van der Waals surface area contributed by atoms with E-state index >= 15 is 0 Å². The number of hydrogen-bond acceptors (Lipinski definition) is 2. The van der Waals surface area contributed by atoms with Crippen molar-refractivity contribution in [3.63, 3.8) is 0 Å². The maximum absolute atomic E-state index is 13.9. The highest BCUT2D eigenvalue weighted by molar-refractivity contribution is 5.93. The van der Waals surface area contributed by atoms with Crippen LogP contribution >= 0.6 is 0 Å². The van der Waals surface area contributed by atoms with Crippen LogP contribution in [0.4, 0.5) is 14.5 Å². The molecule has 128 valence electrons. The normalized spacial score (nSPS) is 12.2. The number of nitrogens with one attached hydrogen (secondary N) is 1. The number of aryl methyl sites for hydroxylation is 1. The maximum Gasteiger partial charge on any atom is 0.238 e. The molecule has 0 radical (unpaired) electrons. The summed E-state index contributed by atoms with van der Waals surface area (Å²) < 4.78 is 27.8. The van der Waals surface area contributed by atoms with Gasteiger partial charge in [-0.05, 0) is 44.2 Å². The van der Waals surface area contributed by atoms with E-state index in [1.54, 1.807) is 18.9 Å². The van der Waals surface area contributed by atoms with E-state index < -0.39 is 17.7 Å². The second kappa shape index (κ2) is 8.02. The number of rotatable bonds is 6. The van der Waals surface area contributed by atoms with Crippen molar-refractivity contribution in [3.8, 4) is 0 Å². The fourth-order valence-electron chi connectivity index (χ4n) is 2.63. The van der Waals surface area contributed by atoms with E-state index in [0.29, 0.717) is 0 Å². The van der Waals surface area contributed by atoms with Gasteiger partial charge in [-0.1, -0.05) is 31.2 Å². The molecule has 0 bridgehead atoms. The summed E-state index contributed by atoms with van der Waals surface area (Å²) in [6.07, 6.45) is 0.809. The van der Waals surface area contributed by atoms with Crippen LogP contribution in [0, 0.1) is 11.6 Å². The summed E-state index contributed by atoms with van der Waals surface area (Å²) in [7, 11) is 1.67. The van der Waals surface area contributed by atoms with E-state index in [1.807, 2.05) is 31.2 Å². The van der Waals surface area contributed by atoms with Crippen LogP contribution < -0.4 is 5.32 Å². The van der Waals surface area contributed by atoms with Gasteiger partial charge in [-0.15, -0.1) is 0 Å². The average molecular weight is 332 g/mol. The Morgan fingerprint density at radius 3 is 2.38 bits per heavy atom. The van der Waals surface area contributed by atoms with Crippen molar-refractivity contribution in [1.82, 2.24) is 4.90 Å². The van der Waals surface area contributed by atoms with E-state index in [1.165, 1.54) is 18.2 Å². The van der Waals surface area contributed by atoms with E-state index in [0.717, 1.165) is 17.7 Å². The number of para-hydroxylation sites is 1. The first-order valence-corrected chi connectivity index (χ1v) is 7.96. The van der Waals surface area contributed by atoms with Crippen molar-refractivity contribution in [2.75, 3.05) is 18.9 Å². The average Bonchev–Trinajstić information content (AvgIpc) is 2.54. The Morgan fingerprint density at radius 2 is 1.75 bits per heavy atom. The third kappa shape index (κ3) is 4.17. The standard InChI is InChI=1S/C19H22F2N2O/c1-4-14-8-5-6-11-17(14)22-18(24)12-23(3)13(2)19-15(20)9-7-10-16(19)21/h5-11,13H,4,12H2,1-3H3,(H,22,24). The fraction of sp³-hybridized carbons (Fsp3) is 0.316. The second-order valence-electron chi connectivity index (χ2n) is 5.79. The third-order valence-corrected chi connectivity index (χ3v) is 4.14. The summed E-state index contributed by atoms with van der Waals surface area (Å²) in [6.45, 7) is 3.72. The Bertz CT molecular complexity index is 698. The topological polar surface area (TPSA) is 32.3 Å². The zero-order valence-electron chi connectivity index (χ0n) is 14.1. The summed E-state index contributed by atoms with van der Waals surface area (Å²) in [4.78, 5) is 13.9. The summed E-state index contributed by atoms with van der Waals surface area (Å²) in [5, 5.41) is 2.86. The molecule has 1 amide bonds. The first kappa shape index (κ1) is 18.1. The predicted octanol–water partition coefficient (Wildman–Crippen LogP) is 4.16. The van der Waals surface area contributed by atoms with Crippen molar-refractivity contribution in [3.05, 3.63) is 65.2 Å². The number of anilines is 1. The summed E-state index contributed by atoms with van der Waals surface area (Å²) in [6, 6.07) is 10.8. The number of halogens is 2. The lowest BCUT2D eigenvalue weighted by Gasteiger charge is -2.25.